The van der Waals surface area contributed by atoms with Gasteiger partial charge in [-0.25, -0.2) is 0 Å². The van der Waals surface area contributed by atoms with E-state index in [1.54, 1.807) is 0 Å². The third-order valence-corrected chi connectivity index (χ3v) is 3.77. The van der Waals surface area contributed by atoms with Crippen molar-refractivity contribution >= 4 is 6.08 Å². The van der Waals surface area contributed by atoms with Crippen LogP contribution >= 0.6 is 0 Å². The van der Waals surface area contributed by atoms with Gasteiger partial charge in [0, 0.05) is 32.7 Å². The van der Waals surface area contributed by atoms with E-state index in [0.717, 1.165) is 6.54 Å². The minimum absolute atomic E-state index is 1.08. The Bertz CT molecular complexity index is 364. The number of piperazine rings is 1. The summed E-state index contributed by atoms with van der Waals surface area (Å²) in [5.74, 6) is 0. The Morgan fingerprint density at radius 1 is 1.00 bits per heavy atom. The first-order chi connectivity index (χ1) is 9.38. The molecule has 19 heavy (non-hydrogen) atoms. The van der Waals surface area contributed by atoms with Crippen LogP contribution in [0, 0.1) is 0 Å². The number of hydrogen-bond acceptors (Lipinski definition) is 2. The monoisotopic (exact) mass is 258 g/mol. The smallest absolute Gasteiger partial charge is 0.0167 e. The van der Waals surface area contributed by atoms with Crippen molar-refractivity contribution in [3.63, 3.8) is 0 Å². The normalized spacial score (nSPS) is 18.2. The Kier molecular flexibility index (Phi) is 6.12. The minimum atomic E-state index is 1.08. The zero-order valence-electron chi connectivity index (χ0n) is 12.1. The molecule has 2 rings (SSSR count). The summed E-state index contributed by atoms with van der Waals surface area (Å²) in [6.07, 6.45) is 7.16. The maximum Gasteiger partial charge on any atom is 0.0167 e. The van der Waals surface area contributed by atoms with Gasteiger partial charge in [0.1, 0.15) is 0 Å². The topological polar surface area (TPSA) is 6.48 Å². The molecule has 0 aromatic heterocycles. The highest BCUT2D eigenvalue weighted by Gasteiger charge is 2.14. The van der Waals surface area contributed by atoms with Gasteiger partial charge in [-0.15, -0.1) is 0 Å². The van der Waals surface area contributed by atoms with Crippen LogP contribution in [0.25, 0.3) is 6.08 Å². The van der Waals surface area contributed by atoms with Crippen LogP contribution in [0.15, 0.2) is 36.4 Å². The lowest BCUT2D eigenvalue weighted by molar-refractivity contribution is 0.141. The fourth-order valence-electron chi connectivity index (χ4n) is 2.48. The van der Waals surface area contributed by atoms with Crippen molar-refractivity contribution in [3.05, 3.63) is 42.0 Å². The van der Waals surface area contributed by atoms with Gasteiger partial charge in [-0.3, -0.25) is 4.90 Å². The molecule has 0 unspecified atom stereocenters. The summed E-state index contributed by atoms with van der Waals surface area (Å²) in [5.41, 5.74) is 1.30. The molecule has 0 saturated carbocycles. The Morgan fingerprint density at radius 3 is 2.37 bits per heavy atom. The van der Waals surface area contributed by atoms with Crippen LogP contribution in [0.1, 0.15) is 25.3 Å². The van der Waals surface area contributed by atoms with Gasteiger partial charge in [0.2, 0.25) is 0 Å². The average molecular weight is 258 g/mol. The van der Waals surface area contributed by atoms with E-state index >= 15 is 0 Å². The van der Waals surface area contributed by atoms with Gasteiger partial charge in [-0.1, -0.05) is 55.8 Å². The largest absolute Gasteiger partial charge is 0.301 e. The first kappa shape index (κ1) is 14.3. The minimum Gasteiger partial charge on any atom is -0.301 e. The van der Waals surface area contributed by atoms with Crippen LogP contribution in [0.5, 0.6) is 0 Å². The summed E-state index contributed by atoms with van der Waals surface area (Å²) in [5, 5.41) is 0. The summed E-state index contributed by atoms with van der Waals surface area (Å²) < 4.78 is 0. The van der Waals surface area contributed by atoms with E-state index in [1.165, 1.54) is 51.1 Å². The lowest BCUT2D eigenvalue weighted by atomic mass is 10.2. The van der Waals surface area contributed by atoms with Crippen molar-refractivity contribution in [1.29, 1.82) is 0 Å². The molecule has 0 atom stereocenters. The third kappa shape index (κ3) is 5.17. The van der Waals surface area contributed by atoms with Gasteiger partial charge in [0.25, 0.3) is 0 Å². The van der Waals surface area contributed by atoms with Crippen molar-refractivity contribution in [2.24, 2.45) is 0 Å². The lowest BCUT2D eigenvalue weighted by Gasteiger charge is -2.34. The Balaban J connectivity index is 1.67. The highest BCUT2D eigenvalue weighted by atomic mass is 15.3. The van der Waals surface area contributed by atoms with Crippen LogP contribution in [0.4, 0.5) is 0 Å². The fraction of sp³-hybridized carbons (Fsp3) is 0.529. The van der Waals surface area contributed by atoms with E-state index in [-0.39, 0.29) is 0 Å². The van der Waals surface area contributed by atoms with Gasteiger partial charge < -0.3 is 4.90 Å². The van der Waals surface area contributed by atoms with E-state index in [1.807, 2.05) is 0 Å². The molecular weight excluding hydrogens is 232 g/mol. The molecule has 0 amide bonds. The Labute approximate surface area is 117 Å². The van der Waals surface area contributed by atoms with Crippen LogP contribution in [-0.4, -0.2) is 49.1 Å². The van der Waals surface area contributed by atoms with Crippen LogP contribution in [0.3, 0.4) is 0 Å². The van der Waals surface area contributed by atoms with E-state index in [9.17, 15) is 0 Å². The fourth-order valence-corrected chi connectivity index (χ4v) is 2.48. The van der Waals surface area contributed by atoms with Crippen LogP contribution < -0.4 is 0 Å². The van der Waals surface area contributed by atoms with Crippen molar-refractivity contribution in [2.45, 2.75) is 19.8 Å². The highest BCUT2D eigenvalue weighted by Crippen LogP contribution is 2.05. The average Bonchev–Trinajstić information content (AvgIpc) is 2.47. The molecule has 1 aromatic carbocycles. The molecular formula is C17H26N2. The first-order valence-corrected chi connectivity index (χ1v) is 7.55. The molecule has 0 bridgehead atoms. The van der Waals surface area contributed by atoms with Gasteiger partial charge in [-0.2, -0.15) is 0 Å². The molecule has 0 radical (unpaired) electrons. The number of unbranched alkanes of at least 4 members (excludes halogenated alkanes) is 1. The molecule has 0 spiro atoms. The maximum atomic E-state index is 2.60. The van der Waals surface area contributed by atoms with Crippen LogP contribution in [-0.2, 0) is 0 Å². The molecule has 1 aromatic rings. The Hall–Kier alpha value is -1.12. The Morgan fingerprint density at radius 2 is 1.68 bits per heavy atom. The second-order valence-corrected chi connectivity index (χ2v) is 5.31. The molecule has 1 heterocycles. The van der Waals surface area contributed by atoms with E-state index in [4.69, 9.17) is 0 Å². The quantitative estimate of drug-likeness (QED) is 0.773. The zero-order chi connectivity index (χ0) is 13.3. The standard InChI is InChI=1S/C17H26N2/c1-2-3-11-18-13-15-19(16-14-18)12-7-10-17-8-5-4-6-9-17/h4-10H,2-3,11-16H2,1H3. The number of rotatable bonds is 6. The predicted octanol–water partition coefficient (Wildman–Crippen LogP) is 3.12. The summed E-state index contributed by atoms with van der Waals surface area (Å²) in [4.78, 5) is 5.14. The molecule has 104 valence electrons. The van der Waals surface area contributed by atoms with Gasteiger partial charge in [0.05, 0.1) is 0 Å². The molecule has 2 nitrogen and oxygen atoms in total. The second-order valence-electron chi connectivity index (χ2n) is 5.31. The van der Waals surface area contributed by atoms with Crippen molar-refractivity contribution in [3.8, 4) is 0 Å². The van der Waals surface area contributed by atoms with Gasteiger partial charge >= 0.3 is 0 Å². The van der Waals surface area contributed by atoms with Gasteiger partial charge in [-0.05, 0) is 18.5 Å². The van der Waals surface area contributed by atoms with E-state index < -0.39 is 0 Å². The molecule has 1 saturated heterocycles. The summed E-state index contributed by atoms with van der Waals surface area (Å²) in [7, 11) is 0. The molecule has 0 N–H and O–H groups in total. The molecule has 1 aliphatic heterocycles. The second kappa shape index (κ2) is 8.13. The molecule has 1 fully saturated rings. The maximum absolute atomic E-state index is 2.60. The van der Waals surface area contributed by atoms with Crippen molar-refractivity contribution < 1.29 is 0 Å². The molecule has 0 aliphatic carbocycles. The third-order valence-electron chi connectivity index (χ3n) is 3.77. The van der Waals surface area contributed by atoms with E-state index in [2.05, 4.69) is 59.2 Å². The number of benzene rings is 1. The summed E-state index contributed by atoms with van der Waals surface area (Å²) in [6, 6.07) is 10.5. The first-order valence-electron chi connectivity index (χ1n) is 7.55. The lowest BCUT2D eigenvalue weighted by Crippen LogP contribution is -2.46. The van der Waals surface area contributed by atoms with Gasteiger partial charge in [0.15, 0.2) is 0 Å². The highest BCUT2D eigenvalue weighted by molar-refractivity contribution is 5.48. The number of hydrogen-bond donors (Lipinski definition) is 0. The zero-order valence-corrected chi connectivity index (χ0v) is 12.1. The van der Waals surface area contributed by atoms with Crippen molar-refractivity contribution in [1.82, 2.24) is 9.80 Å². The molecule has 1 aliphatic rings. The van der Waals surface area contributed by atoms with E-state index in [0.29, 0.717) is 0 Å². The molecule has 2 heteroatoms. The van der Waals surface area contributed by atoms with Crippen molar-refractivity contribution in [2.75, 3.05) is 39.3 Å². The van der Waals surface area contributed by atoms with Crippen LogP contribution in [0.2, 0.25) is 0 Å². The number of nitrogens with zero attached hydrogens (tertiary/aromatic N) is 2. The predicted molar refractivity (Wildman–Crippen MR) is 83.3 cm³/mol. The summed E-state index contributed by atoms with van der Waals surface area (Å²) >= 11 is 0. The SMILES string of the molecule is CCCCN1CCN(CC=Cc2ccccc2)CC1. The summed E-state index contributed by atoms with van der Waals surface area (Å²) in [6.45, 7) is 9.52.